The fourth-order valence-corrected chi connectivity index (χ4v) is 7.55. The number of allylic oxidation sites excluding steroid dienone is 6. The van der Waals surface area contributed by atoms with Gasteiger partial charge in [-0.2, -0.15) is 0 Å². The fourth-order valence-electron chi connectivity index (χ4n) is 6.82. The van der Waals surface area contributed by atoms with Gasteiger partial charge in [0.15, 0.2) is 0 Å². The number of carbonyl (C=O) groups excluding carboxylic acids is 1. The molecule has 9 heteroatoms. The summed E-state index contributed by atoms with van der Waals surface area (Å²) in [6, 6.07) is -0.760. The van der Waals surface area contributed by atoms with E-state index in [0.717, 1.165) is 51.4 Å². The van der Waals surface area contributed by atoms with Gasteiger partial charge >= 0.3 is 7.82 Å². The van der Waals surface area contributed by atoms with Crippen LogP contribution in [0.25, 0.3) is 0 Å². The molecule has 0 saturated carbocycles. The molecule has 0 aromatic heterocycles. The molecule has 0 aliphatic heterocycles. The van der Waals surface area contributed by atoms with Gasteiger partial charge in [-0.1, -0.05) is 192 Å². The van der Waals surface area contributed by atoms with Crippen molar-refractivity contribution in [3.63, 3.8) is 0 Å². The third kappa shape index (κ3) is 42.6. The van der Waals surface area contributed by atoms with Crippen LogP contribution in [-0.4, -0.2) is 73.4 Å². The van der Waals surface area contributed by atoms with Crippen LogP contribution in [0.1, 0.15) is 213 Å². The van der Waals surface area contributed by atoms with Crippen molar-refractivity contribution < 1.29 is 32.9 Å². The summed E-state index contributed by atoms with van der Waals surface area (Å²) in [6.45, 7) is 4.85. The van der Waals surface area contributed by atoms with Crippen molar-refractivity contribution >= 4 is 13.7 Å². The molecule has 0 bridgehead atoms. The second-order valence-electron chi connectivity index (χ2n) is 17.5. The predicted octanol–water partition coefficient (Wildman–Crippen LogP) is 13.5. The number of hydrogen-bond acceptors (Lipinski definition) is 5. The largest absolute Gasteiger partial charge is 0.472 e. The lowest BCUT2D eigenvalue weighted by atomic mass is 10.0. The second-order valence-corrected chi connectivity index (χ2v) is 18.9. The number of quaternary nitrogens is 1. The molecule has 0 aliphatic rings. The van der Waals surface area contributed by atoms with Crippen LogP contribution in [0.3, 0.4) is 0 Å². The van der Waals surface area contributed by atoms with Gasteiger partial charge < -0.3 is 19.8 Å². The second kappa shape index (κ2) is 40.1. The highest BCUT2D eigenvalue weighted by Gasteiger charge is 2.28. The maximum atomic E-state index is 12.9. The summed E-state index contributed by atoms with van der Waals surface area (Å²) >= 11 is 0. The van der Waals surface area contributed by atoms with Crippen molar-refractivity contribution in [2.75, 3.05) is 40.9 Å². The maximum absolute atomic E-state index is 12.9. The quantitative estimate of drug-likeness (QED) is 0.0245. The minimum atomic E-state index is -4.31. The zero-order chi connectivity index (χ0) is 42.1. The van der Waals surface area contributed by atoms with E-state index < -0.39 is 20.0 Å². The molecule has 8 nitrogen and oxygen atoms in total. The fraction of sp³-hybridized carbons (Fsp3) is 0.854. The van der Waals surface area contributed by atoms with E-state index in [2.05, 4.69) is 55.6 Å². The first-order valence-electron chi connectivity index (χ1n) is 23.9. The van der Waals surface area contributed by atoms with Crippen molar-refractivity contribution in [2.45, 2.75) is 225 Å². The van der Waals surface area contributed by atoms with Crippen LogP contribution in [0.15, 0.2) is 36.5 Å². The number of hydrogen-bond donors (Lipinski definition) is 3. The summed E-state index contributed by atoms with van der Waals surface area (Å²) in [5, 5.41) is 13.9. The normalized spacial score (nSPS) is 14.6. The van der Waals surface area contributed by atoms with Crippen molar-refractivity contribution in [1.29, 1.82) is 0 Å². The Labute approximate surface area is 353 Å². The summed E-state index contributed by atoms with van der Waals surface area (Å²) in [7, 11) is 1.61. The van der Waals surface area contributed by atoms with Gasteiger partial charge in [-0.25, -0.2) is 4.57 Å². The summed E-state index contributed by atoms with van der Waals surface area (Å²) in [6.07, 6.45) is 48.9. The smallest absolute Gasteiger partial charge is 0.391 e. The van der Waals surface area contributed by atoms with Gasteiger partial charge in [-0.3, -0.25) is 13.8 Å². The lowest BCUT2D eigenvalue weighted by molar-refractivity contribution is -0.870. The molecule has 3 atom stereocenters. The number of aliphatic hydroxyl groups excluding tert-OH is 1. The van der Waals surface area contributed by atoms with E-state index in [-0.39, 0.29) is 19.1 Å². The average Bonchev–Trinajstić information content (AvgIpc) is 3.16. The molecule has 0 radical (unpaired) electrons. The summed E-state index contributed by atoms with van der Waals surface area (Å²) < 4.78 is 23.6. The molecule has 0 saturated heterocycles. The zero-order valence-electron chi connectivity index (χ0n) is 38.1. The average molecular weight is 826 g/mol. The molecule has 57 heavy (non-hydrogen) atoms. The molecular weight excluding hydrogens is 732 g/mol. The van der Waals surface area contributed by atoms with Gasteiger partial charge in [-0.15, -0.1) is 0 Å². The van der Waals surface area contributed by atoms with E-state index in [4.69, 9.17) is 9.05 Å². The van der Waals surface area contributed by atoms with Gasteiger partial charge in [0, 0.05) is 6.42 Å². The van der Waals surface area contributed by atoms with Crippen LogP contribution in [0, 0.1) is 0 Å². The lowest BCUT2D eigenvalue weighted by Gasteiger charge is -2.26. The Balaban J connectivity index is 4.17. The molecule has 0 rings (SSSR count). The van der Waals surface area contributed by atoms with E-state index in [1.807, 2.05) is 21.1 Å². The van der Waals surface area contributed by atoms with Crippen LogP contribution in [0.4, 0.5) is 0 Å². The van der Waals surface area contributed by atoms with Gasteiger partial charge in [0.05, 0.1) is 39.9 Å². The van der Waals surface area contributed by atoms with Gasteiger partial charge in [0.25, 0.3) is 0 Å². The Hall–Kier alpha value is -1.28. The lowest BCUT2D eigenvalue weighted by Crippen LogP contribution is -2.46. The van der Waals surface area contributed by atoms with Gasteiger partial charge in [0.1, 0.15) is 13.2 Å². The van der Waals surface area contributed by atoms with Crippen LogP contribution < -0.4 is 5.32 Å². The molecule has 0 aliphatic carbocycles. The highest BCUT2D eigenvalue weighted by atomic mass is 31.2. The minimum absolute atomic E-state index is 0.0733. The number of unbranched alkanes of at least 4 members (excludes halogenated alkanes) is 24. The Kier molecular flexibility index (Phi) is 39.2. The number of aliphatic hydroxyl groups is 1. The maximum Gasteiger partial charge on any atom is 0.472 e. The van der Waals surface area contributed by atoms with Crippen molar-refractivity contribution in [3.05, 3.63) is 36.5 Å². The topological polar surface area (TPSA) is 105 Å². The number of nitrogens with zero attached hydrogens (tertiary/aromatic N) is 1. The molecule has 0 heterocycles. The first-order valence-corrected chi connectivity index (χ1v) is 25.3. The molecule has 0 aromatic rings. The molecule has 1 amide bonds. The summed E-state index contributed by atoms with van der Waals surface area (Å²) in [5.41, 5.74) is 0. The number of nitrogens with one attached hydrogen (secondary N) is 1. The molecule has 0 spiro atoms. The Bertz CT molecular complexity index is 1030. The number of likely N-dealkylation sites (N-methyl/N-ethyl adjacent to an activating group) is 1. The monoisotopic (exact) mass is 826 g/mol. The summed E-state index contributed by atoms with van der Waals surface area (Å²) in [5.74, 6) is -0.151. The summed E-state index contributed by atoms with van der Waals surface area (Å²) in [4.78, 5) is 23.1. The Morgan fingerprint density at radius 3 is 1.46 bits per heavy atom. The molecule has 336 valence electrons. The van der Waals surface area contributed by atoms with Crippen molar-refractivity contribution in [2.24, 2.45) is 0 Å². The highest BCUT2D eigenvalue weighted by Crippen LogP contribution is 2.43. The van der Waals surface area contributed by atoms with Crippen molar-refractivity contribution in [3.8, 4) is 0 Å². The molecule has 0 fully saturated rings. The Morgan fingerprint density at radius 2 is 1.00 bits per heavy atom. The molecule has 0 aromatic carbocycles. The van der Waals surface area contributed by atoms with E-state index in [1.54, 1.807) is 0 Å². The third-order valence-corrected chi connectivity index (χ3v) is 11.6. The van der Waals surface area contributed by atoms with Gasteiger partial charge in [-0.05, 0) is 51.4 Å². The molecule has 3 unspecified atom stereocenters. The zero-order valence-corrected chi connectivity index (χ0v) is 39.0. The standard InChI is InChI=1S/C48H93N2O6P/c1-6-8-10-12-14-16-18-19-20-21-22-23-24-25-26-27-28-29-30-31-32-34-36-38-40-42-48(52)49-46(45-56-57(53,54)55-44-43-50(3,4)5)47(51)41-39-37-35-33-17-15-13-11-9-7-2/h18-19,21-22,24-25,46-47,51H,6-17,20,23,26-45H2,1-5H3,(H-,49,52,53,54)/p+1/b19-18-,22-21-,25-24-. The predicted molar refractivity (Wildman–Crippen MR) is 244 cm³/mol. The van der Waals surface area contributed by atoms with Gasteiger partial charge in [0.2, 0.25) is 5.91 Å². The van der Waals surface area contributed by atoms with Crippen LogP contribution >= 0.6 is 7.82 Å². The molecular formula is C48H94N2O6P+. The van der Waals surface area contributed by atoms with Crippen LogP contribution in [0.5, 0.6) is 0 Å². The van der Waals surface area contributed by atoms with Crippen LogP contribution in [-0.2, 0) is 18.4 Å². The number of phosphoric ester groups is 1. The van der Waals surface area contributed by atoms with E-state index in [0.29, 0.717) is 23.9 Å². The number of carbonyl (C=O) groups is 1. The SMILES string of the molecule is CCCCCCC/C=C\C/C=C\C/C=C\CCCCCCCCCCCCC(=O)NC(COP(=O)(O)OCC[N+](C)(C)C)C(O)CCCCCCCCCCCC. The highest BCUT2D eigenvalue weighted by molar-refractivity contribution is 7.47. The number of rotatable bonds is 43. The first-order chi connectivity index (χ1) is 27.5. The number of amides is 1. The first kappa shape index (κ1) is 55.7. The number of phosphoric acid groups is 1. The van der Waals surface area contributed by atoms with Crippen LogP contribution in [0.2, 0.25) is 0 Å². The van der Waals surface area contributed by atoms with E-state index in [9.17, 15) is 19.4 Å². The Morgan fingerprint density at radius 1 is 0.596 bits per heavy atom. The molecule has 3 N–H and O–H groups in total. The van der Waals surface area contributed by atoms with E-state index >= 15 is 0 Å². The minimum Gasteiger partial charge on any atom is -0.391 e. The third-order valence-electron chi connectivity index (χ3n) is 10.6. The van der Waals surface area contributed by atoms with Crippen molar-refractivity contribution in [1.82, 2.24) is 5.32 Å². The van der Waals surface area contributed by atoms with E-state index in [1.165, 1.54) is 135 Å².